The third-order valence-corrected chi connectivity index (χ3v) is 2.70. The molecular formula is C14H13F2N3O2. The SMILES string of the molecule is Cc1ccc(=O)n(CCC(=O)Nc2cc(F)cc(F)c2)n1. The number of hydrogen-bond acceptors (Lipinski definition) is 3. The van der Waals surface area contributed by atoms with Gasteiger partial charge in [0.15, 0.2) is 0 Å². The van der Waals surface area contributed by atoms with E-state index in [2.05, 4.69) is 10.4 Å². The van der Waals surface area contributed by atoms with E-state index in [1.54, 1.807) is 13.0 Å². The summed E-state index contributed by atoms with van der Waals surface area (Å²) in [7, 11) is 0. The van der Waals surface area contributed by atoms with E-state index in [-0.39, 0.29) is 24.2 Å². The highest BCUT2D eigenvalue weighted by Crippen LogP contribution is 2.13. The number of hydrogen-bond donors (Lipinski definition) is 1. The molecule has 0 saturated heterocycles. The van der Waals surface area contributed by atoms with Crippen LogP contribution in [-0.4, -0.2) is 15.7 Å². The zero-order chi connectivity index (χ0) is 15.4. The second-order valence-electron chi connectivity index (χ2n) is 4.49. The Labute approximate surface area is 119 Å². The van der Waals surface area contributed by atoms with Crippen molar-refractivity contribution in [2.75, 3.05) is 5.32 Å². The first-order valence-electron chi connectivity index (χ1n) is 6.25. The molecule has 0 saturated carbocycles. The molecule has 0 radical (unpaired) electrons. The summed E-state index contributed by atoms with van der Waals surface area (Å²) < 4.78 is 27.1. The standard InChI is InChI=1S/C14H13F2N3O2/c1-9-2-3-14(21)19(18-9)5-4-13(20)17-12-7-10(15)6-11(16)8-12/h2-3,6-8H,4-5H2,1H3,(H,17,20). The third-order valence-electron chi connectivity index (χ3n) is 2.70. The number of amides is 1. The summed E-state index contributed by atoms with van der Waals surface area (Å²) in [6.07, 6.45) is -0.0332. The van der Waals surface area contributed by atoms with Crippen LogP contribution in [-0.2, 0) is 11.3 Å². The molecule has 1 heterocycles. The zero-order valence-electron chi connectivity index (χ0n) is 11.3. The maximum Gasteiger partial charge on any atom is 0.266 e. The largest absolute Gasteiger partial charge is 0.326 e. The minimum absolute atomic E-state index is 0.0297. The average Bonchev–Trinajstić information content (AvgIpc) is 2.38. The fourth-order valence-electron chi connectivity index (χ4n) is 1.77. The van der Waals surface area contributed by atoms with Crippen LogP contribution in [0.4, 0.5) is 14.5 Å². The number of aromatic nitrogens is 2. The molecular weight excluding hydrogens is 280 g/mol. The summed E-state index contributed by atoms with van der Waals surface area (Å²) in [5.74, 6) is -2.01. The number of benzene rings is 1. The van der Waals surface area contributed by atoms with Crippen LogP contribution in [0.5, 0.6) is 0 Å². The van der Waals surface area contributed by atoms with Crippen LogP contribution in [0, 0.1) is 18.6 Å². The molecule has 7 heteroatoms. The molecule has 0 aliphatic heterocycles. The van der Waals surface area contributed by atoms with Gasteiger partial charge in [-0.2, -0.15) is 5.10 Å². The summed E-state index contributed by atoms with van der Waals surface area (Å²) in [5.41, 5.74) is 0.370. The molecule has 1 amide bonds. The van der Waals surface area contributed by atoms with Gasteiger partial charge in [-0.3, -0.25) is 9.59 Å². The number of carbonyl (C=O) groups excluding carboxylic acids is 1. The third kappa shape index (κ3) is 4.20. The molecule has 0 bridgehead atoms. The van der Waals surface area contributed by atoms with Gasteiger partial charge < -0.3 is 5.32 Å². The Hall–Kier alpha value is -2.57. The molecule has 1 aromatic heterocycles. The molecule has 0 spiro atoms. The molecule has 2 aromatic rings. The van der Waals surface area contributed by atoms with Crippen LogP contribution < -0.4 is 10.9 Å². The Morgan fingerprint density at radius 1 is 1.24 bits per heavy atom. The molecule has 1 N–H and O–H groups in total. The zero-order valence-corrected chi connectivity index (χ0v) is 11.3. The van der Waals surface area contributed by atoms with Gasteiger partial charge in [0.2, 0.25) is 5.91 Å². The summed E-state index contributed by atoms with van der Waals surface area (Å²) >= 11 is 0. The topological polar surface area (TPSA) is 64.0 Å². The highest BCUT2D eigenvalue weighted by molar-refractivity contribution is 5.90. The van der Waals surface area contributed by atoms with Gasteiger partial charge in [0.1, 0.15) is 11.6 Å². The molecule has 2 rings (SSSR count). The van der Waals surface area contributed by atoms with Crippen molar-refractivity contribution in [2.24, 2.45) is 0 Å². The van der Waals surface area contributed by atoms with Gasteiger partial charge >= 0.3 is 0 Å². The smallest absolute Gasteiger partial charge is 0.266 e. The van der Waals surface area contributed by atoms with Crippen LogP contribution in [0.15, 0.2) is 35.1 Å². The van der Waals surface area contributed by atoms with Crippen LogP contribution in [0.2, 0.25) is 0 Å². The first kappa shape index (κ1) is 14.8. The van der Waals surface area contributed by atoms with Crippen LogP contribution in [0.3, 0.4) is 0 Å². The van der Waals surface area contributed by atoms with Gasteiger partial charge in [0, 0.05) is 24.2 Å². The van der Waals surface area contributed by atoms with Crippen molar-refractivity contribution in [3.8, 4) is 0 Å². The lowest BCUT2D eigenvalue weighted by Crippen LogP contribution is -2.25. The first-order valence-corrected chi connectivity index (χ1v) is 6.25. The molecule has 110 valence electrons. The van der Waals surface area contributed by atoms with E-state index < -0.39 is 17.5 Å². The van der Waals surface area contributed by atoms with Crippen molar-refractivity contribution in [2.45, 2.75) is 19.9 Å². The van der Waals surface area contributed by atoms with E-state index in [4.69, 9.17) is 0 Å². The summed E-state index contributed by atoms with van der Waals surface area (Å²) in [5, 5.41) is 6.35. The van der Waals surface area contributed by atoms with Crippen molar-refractivity contribution in [1.29, 1.82) is 0 Å². The van der Waals surface area contributed by atoms with Gasteiger partial charge in [-0.1, -0.05) is 0 Å². The van der Waals surface area contributed by atoms with Gasteiger partial charge in [0.05, 0.1) is 12.2 Å². The number of aryl methyl sites for hydroxylation is 2. The van der Waals surface area contributed by atoms with E-state index in [1.807, 2.05) is 0 Å². The van der Waals surface area contributed by atoms with E-state index in [0.717, 1.165) is 12.1 Å². The van der Waals surface area contributed by atoms with Crippen molar-refractivity contribution in [3.05, 3.63) is 58.0 Å². The Kier molecular flexibility index (Phi) is 4.42. The van der Waals surface area contributed by atoms with Gasteiger partial charge in [-0.25, -0.2) is 13.5 Å². The van der Waals surface area contributed by atoms with E-state index in [9.17, 15) is 18.4 Å². The highest BCUT2D eigenvalue weighted by atomic mass is 19.1. The predicted molar refractivity (Wildman–Crippen MR) is 72.8 cm³/mol. The fourth-order valence-corrected chi connectivity index (χ4v) is 1.77. The first-order chi connectivity index (χ1) is 9.94. The van der Waals surface area contributed by atoms with Gasteiger partial charge in [-0.15, -0.1) is 0 Å². The van der Waals surface area contributed by atoms with Crippen molar-refractivity contribution in [1.82, 2.24) is 9.78 Å². The number of rotatable bonds is 4. The molecule has 0 aliphatic carbocycles. The normalized spacial score (nSPS) is 10.4. The Morgan fingerprint density at radius 2 is 1.90 bits per heavy atom. The fraction of sp³-hybridized carbons (Fsp3) is 0.214. The van der Waals surface area contributed by atoms with Gasteiger partial charge in [-0.05, 0) is 25.1 Å². The maximum absolute atomic E-state index is 13.0. The lowest BCUT2D eigenvalue weighted by molar-refractivity contribution is -0.116. The predicted octanol–water partition coefficient (Wildman–Crippen LogP) is 1.86. The van der Waals surface area contributed by atoms with Crippen molar-refractivity contribution < 1.29 is 13.6 Å². The Balaban J connectivity index is 1.99. The quantitative estimate of drug-likeness (QED) is 0.935. The molecule has 0 atom stereocenters. The molecule has 21 heavy (non-hydrogen) atoms. The number of anilines is 1. The number of carbonyl (C=O) groups is 1. The summed E-state index contributed by atoms with van der Waals surface area (Å²) in [6, 6.07) is 5.68. The van der Waals surface area contributed by atoms with E-state index >= 15 is 0 Å². The summed E-state index contributed by atoms with van der Waals surface area (Å²) in [4.78, 5) is 23.2. The minimum Gasteiger partial charge on any atom is -0.326 e. The number of halogens is 2. The molecule has 1 aromatic carbocycles. The molecule has 0 fully saturated rings. The molecule has 0 aliphatic rings. The monoisotopic (exact) mass is 293 g/mol. The lowest BCUT2D eigenvalue weighted by atomic mass is 10.3. The summed E-state index contributed by atoms with van der Waals surface area (Å²) in [6.45, 7) is 1.82. The Bertz CT molecular complexity index is 708. The second kappa shape index (κ2) is 6.25. The maximum atomic E-state index is 13.0. The van der Waals surface area contributed by atoms with Gasteiger partial charge in [0.25, 0.3) is 5.56 Å². The highest BCUT2D eigenvalue weighted by Gasteiger charge is 2.07. The van der Waals surface area contributed by atoms with Crippen LogP contribution in [0.1, 0.15) is 12.1 Å². The van der Waals surface area contributed by atoms with E-state index in [0.29, 0.717) is 11.8 Å². The number of nitrogens with zero attached hydrogens (tertiary/aromatic N) is 2. The van der Waals surface area contributed by atoms with Crippen molar-refractivity contribution >= 4 is 11.6 Å². The minimum atomic E-state index is -0.776. The van der Waals surface area contributed by atoms with Crippen molar-refractivity contribution in [3.63, 3.8) is 0 Å². The second-order valence-corrected chi connectivity index (χ2v) is 4.49. The van der Waals surface area contributed by atoms with Crippen LogP contribution in [0.25, 0.3) is 0 Å². The van der Waals surface area contributed by atoms with Crippen LogP contribution >= 0.6 is 0 Å². The Morgan fingerprint density at radius 3 is 2.57 bits per heavy atom. The average molecular weight is 293 g/mol. The molecule has 0 unspecified atom stereocenters. The lowest BCUT2D eigenvalue weighted by Gasteiger charge is -2.07. The number of nitrogens with one attached hydrogen (secondary N) is 1. The molecule has 5 nitrogen and oxygen atoms in total. The van der Waals surface area contributed by atoms with E-state index in [1.165, 1.54) is 10.7 Å².